The van der Waals surface area contributed by atoms with E-state index in [1.165, 1.54) is 6.92 Å². The molecule has 0 aliphatic rings. The SMILES string of the molecule is CC(C)C[C@H](NC(=O)CNC(=O)[C@H](CCCN=C(N)N)NC(=O)[C@H](CCC(=O)O)NC(=O)[C@H](C)N)C(=O)N[C@@H](Cc1ccccc1)C(=O)N[C@@H](CCC(=O)O)C(=O)N[C@@H](CC(=O)O)C(=O)O. The minimum absolute atomic E-state index is 0.0106. The number of carbonyl (C=O) groups excluding carboxylic acids is 7. The number of aliphatic carboxylic acids is 4. The Kier molecular flexibility index (Phi) is 25.0. The van der Waals surface area contributed by atoms with Gasteiger partial charge in [-0.25, -0.2) is 4.79 Å². The highest BCUT2D eigenvalue weighted by Crippen LogP contribution is 2.10. The number of rotatable bonds is 31. The Bertz CT molecular complexity index is 1910. The molecule has 0 radical (unpaired) electrons. The van der Waals surface area contributed by atoms with Gasteiger partial charge in [0.05, 0.1) is 19.0 Å². The van der Waals surface area contributed by atoms with Crippen molar-refractivity contribution in [3.63, 3.8) is 0 Å². The van der Waals surface area contributed by atoms with Gasteiger partial charge in [0.1, 0.15) is 36.3 Å². The van der Waals surface area contributed by atoms with E-state index in [4.69, 9.17) is 22.3 Å². The van der Waals surface area contributed by atoms with Gasteiger partial charge in [0.2, 0.25) is 41.4 Å². The molecule has 0 unspecified atom stereocenters. The maximum absolute atomic E-state index is 13.9. The van der Waals surface area contributed by atoms with Crippen molar-refractivity contribution in [1.29, 1.82) is 0 Å². The smallest absolute Gasteiger partial charge is 0.326 e. The fourth-order valence-electron chi connectivity index (χ4n) is 5.91. The molecule has 0 heterocycles. The Morgan fingerprint density at radius 1 is 0.576 bits per heavy atom. The predicted octanol–water partition coefficient (Wildman–Crippen LogP) is -4.01. The van der Waals surface area contributed by atoms with E-state index >= 15 is 0 Å². The number of hydrogen-bond donors (Lipinski definition) is 14. The van der Waals surface area contributed by atoms with E-state index in [1.54, 1.807) is 44.2 Å². The number of carboxylic acids is 4. The van der Waals surface area contributed by atoms with Gasteiger partial charge < -0.3 is 74.8 Å². The molecule has 1 aromatic rings. The maximum atomic E-state index is 13.9. The van der Waals surface area contributed by atoms with Gasteiger partial charge in [-0.15, -0.1) is 0 Å². The Hall–Kier alpha value is -7.38. The molecule has 0 spiro atoms. The van der Waals surface area contributed by atoms with Crippen LogP contribution in [0, 0.1) is 5.92 Å². The number of nitrogens with one attached hydrogen (secondary N) is 7. The topological polar surface area (TPSA) is 443 Å². The summed E-state index contributed by atoms with van der Waals surface area (Å²) in [7, 11) is 0. The average Bonchev–Trinajstić information content (AvgIpc) is 3.22. The molecule has 0 aliphatic heterocycles. The number of carbonyl (C=O) groups is 11. The van der Waals surface area contributed by atoms with Crippen LogP contribution in [0.1, 0.15) is 77.7 Å². The number of benzene rings is 1. The zero-order valence-corrected chi connectivity index (χ0v) is 36.7. The second-order valence-electron chi connectivity index (χ2n) is 15.5. The number of hydrogen-bond acceptors (Lipinski definition) is 13. The third-order valence-corrected chi connectivity index (χ3v) is 9.24. The van der Waals surface area contributed by atoms with E-state index in [0.29, 0.717) is 5.56 Å². The van der Waals surface area contributed by atoms with Gasteiger partial charge in [-0.3, -0.25) is 52.9 Å². The molecule has 26 heteroatoms. The van der Waals surface area contributed by atoms with Gasteiger partial charge in [0.15, 0.2) is 5.96 Å². The van der Waals surface area contributed by atoms with Crippen LogP contribution in [-0.2, 0) is 59.2 Å². The van der Waals surface area contributed by atoms with Gasteiger partial charge >= 0.3 is 23.9 Å². The molecule has 0 aliphatic carbocycles. The minimum atomic E-state index is -1.94. The van der Waals surface area contributed by atoms with Crippen molar-refractivity contribution >= 4 is 71.2 Å². The van der Waals surface area contributed by atoms with Crippen LogP contribution >= 0.6 is 0 Å². The summed E-state index contributed by atoms with van der Waals surface area (Å²) in [6, 6.07) is -2.17. The lowest BCUT2D eigenvalue weighted by atomic mass is 10.0. The largest absolute Gasteiger partial charge is 0.481 e. The molecular formula is C40H61N11O15. The molecule has 7 atom stereocenters. The van der Waals surface area contributed by atoms with Crippen molar-refractivity contribution < 1.29 is 73.2 Å². The highest BCUT2D eigenvalue weighted by atomic mass is 16.4. The number of nitrogens with two attached hydrogens (primary N) is 3. The Labute approximate surface area is 379 Å². The van der Waals surface area contributed by atoms with E-state index in [-0.39, 0.29) is 50.5 Å². The first-order valence-corrected chi connectivity index (χ1v) is 20.7. The van der Waals surface area contributed by atoms with Gasteiger partial charge in [0.25, 0.3) is 0 Å². The van der Waals surface area contributed by atoms with Crippen molar-refractivity contribution in [1.82, 2.24) is 37.2 Å². The second kappa shape index (κ2) is 29.1. The molecule has 26 nitrogen and oxygen atoms in total. The second-order valence-corrected chi connectivity index (χ2v) is 15.5. The monoisotopic (exact) mass is 935 g/mol. The van der Waals surface area contributed by atoms with Gasteiger partial charge in [0, 0.05) is 25.8 Å². The number of nitrogens with zero attached hydrogens (tertiary/aromatic N) is 1. The first-order chi connectivity index (χ1) is 30.9. The third kappa shape index (κ3) is 23.3. The molecule has 1 rings (SSSR count). The van der Waals surface area contributed by atoms with Crippen LogP contribution in [0.25, 0.3) is 0 Å². The Balaban J connectivity index is 3.35. The molecule has 0 saturated carbocycles. The number of guanidine groups is 1. The van der Waals surface area contributed by atoms with Gasteiger partial charge in [-0.05, 0) is 50.5 Å². The minimum Gasteiger partial charge on any atom is -0.481 e. The molecule has 7 amide bonds. The molecule has 1 aromatic carbocycles. The molecule has 366 valence electrons. The van der Waals surface area contributed by atoms with E-state index in [1.807, 2.05) is 5.32 Å². The van der Waals surface area contributed by atoms with Crippen LogP contribution in [0.15, 0.2) is 35.3 Å². The number of amides is 7. The Morgan fingerprint density at radius 3 is 1.52 bits per heavy atom. The van der Waals surface area contributed by atoms with Crippen LogP contribution in [0.5, 0.6) is 0 Å². The molecule has 0 aromatic heterocycles. The maximum Gasteiger partial charge on any atom is 0.326 e. The van der Waals surface area contributed by atoms with Crippen LogP contribution in [-0.4, -0.2) is 147 Å². The van der Waals surface area contributed by atoms with Crippen LogP contribution in [0.3, 0.4) is 0 Å². The molecular weight excluding hydrogens is 875 g/mol. The summed E-state index contributed by atoms with van der Waals surface area (Å²) >= 11 is 0. The summed E-state index contributed by atoms with van der Waals surface area (Å²) in [5.74, 6) is -13.1. The zero-order valence-electron chi connectivity index (χ0n) is 36.7. The molecule has 0 bridgehead atoms. The van der Waals surface area contributed by atoms with Crippen LogP contribution in [0.4, 0.5) is 0 Å². The summed E-state index contributed by atoms with van der Waals surface area (Å²) < 4.78 is 0. The summed E-state index contributed by atoms with van der Waals surface area (Å²) in [6.45, 7) is 4.05. The predicted molar refractivity (Wildman–Crippen MR) is 231 cm³/mol. The van der Waals surface area contributed by atoms with E-state index in [0.717, 1.165) is 0 Å². The van der Waals surface area contributed by atoms with Crippen LogP contribution < -0.4 is 54.4 Å². The standard InChI is InChI=1S/C40H61N11O15/c1-20(2)16-26(46-29(52)19-45-34(60)23(10-7-15-44-40(42)43)48-35(61)24(11-13-30(53)54)47-33(59)21(3)41)37(63)50-27(17-22-8-5-4-6-9-22)38(64)49-25(12-14-31(55)56)36(62)51-28(39(65)66)18-32(57)58/h4-6,8-9,20-21,23-28H,7,10-19,41H2,1-3H3,(H,45,60)(H,46,52)(H,47,59)(H,48,61)(H,49,64)(H,50,63)(H,51,62)(H,53,54)(H,55,56)(H,57,58)(H,65,66)(H4,42,43,44)/t21-,23-,24-,25-,26-,27-,28-/m0/s1. The quantitative estimate of drug-likeness (QED) is 0.0192. The van der Waals surface area contributed by atoms with E-state index in [2.05, 4.69) is 36.9 Å². The first-order valence-electron chi connectivity index (χ1n) is 20.7. The summed E-state index contributed by atoms with van der Waals surface area (Å²) in [5, 5.41) is 53.5. The lowest BCUT2D eigenvalue weighted by molar-refractivity contribution is -0.147. The van der Waals surface area contributed by atoms with Crippen molar-refractivity contribution in [2.75, 3.05) is 13.1 Å². The molecule has 66 heavy (non-hydrogen) atoms. The molecule has 0 fully saturated rings. The van der Waals surface area contributed by atoms with Crippen molar-refractivity contribution in [3.8, 4) is 0 Å². The van der Waals surface area contributed by atoms with Gasteiger partial charge in [-0.1, -0.05) is 44.2 Å². The lowest BCUT2D eigenvalue weighted by Crippen LogP contribution is -2.59. The number of aliphatic imine (C=N–C) groups is 1. The van der Waals surface area contributed by atoms with Crippen LogP contribution in [0.2, 0.25) is 0 Å². The Morgan fingerprint density at radius 2 is 1.05 bits per heavy atom. The highest BCUT2D eigenvalue weighted by molar-refractivity contribution is 5.97. The highest BCUT2D eigenvalue weighted by Gasteiger charge is 2.33. The summed E-state index contributed by atoms with van der Waals surface area (Å²) in [4.78, 5) is 143. The fourth-order valence-corrected chi connectivity index (χ4v) is 5.91. The average molecular weight is 936 g/mol. The van der Waals surface area contributed by atoms with Crippen molar-refractivity contribution in [2.24, 2.45) is 28.1 Å². The van der Waals surface area contributed by atoms with Gasteiger partial charge in [-0.2, -0.15) is 0 Å². The zero-order chi connectivity index (χ0) is 50.1. The van der Waals surface area contributed by atoms with E-state index in [9.17, 15) is 68.1 Å². The third-order valence-electron chi connectivity index (χ3n) is 9.24. The lowest BCUT2D eigenvalue weighted by Gasteiger charge is -2.26. The number of carboxylic acid groups (broad SMARTS) is 4. The molecule has 0 saturated heterocycles. The first kappa shape index (κ1) is 56.6. The van der Waals surface area contributed by atoms with Crippen molar-refractivity contribution in [3.05, 3.63) is 35.9 Å². The van der Waals surface area contributed by atoms with E-state index < -0.39 is 140 Å². The molecule has 17 N–H and O–H groups in total. The van der Waals surface area contributed by atoms with Crippen molar-refractivity contribution in [2.45, 2.75) is 121 Å². The fraction of sp³-hybridized carbons (Fsp3) is 0.550. The normalized spacial score (nSPS) is 14.0. The summed E-state index contributed by atoms with van der Waals surface area (Å²) in [5.41, 5.74) is 16.8. The summed E-state index contributed by atoms with van der Waals surface area (Å²) in [6.07, 6.45) is -3.37.